The number of rotatable bonds is 5. The first-order valence-corrected chi connectivity index (χ1v) is 10.4. The molecule has 4 rings (SSSR count). The molecule has 0 atom stereocenters. The van der Waals surface area contributed by atoms with Gasteiger partial charge in [0.05, 0.1) is 15.0 Å². The fourth-order valence-corrected chi connectivity index (χ4v) is 4.22. The second kappa shape index (κ2) is 8.49. The Hall–Kier alpha value is -2.47. The molecule has 1 aliphatic heterocycles. The van der Waals surface area contributed by atoms with Crippen molar-refractivity contribution >= 4 is 52.2 Å². The second-order valence-electron chi connectivity index (χ2n) is 6.37. The largest absolute Gasteiger partial charge is 0.457 e. The summed E-state index contributed by atoms with van der Waals surface area (Å²) in [5, 5.41) is 0.555. The molecule has 2 aromatic carbocycles. The van der Waals surface area contributed by atoms with Crippen molar-refractivity contribution in [3.05, 3.63) is 86.9 Å². The molecule has 1 saturated heterocycles. The van der Waals surface area contributed by atoms with E-state index in [9.17, 15) is 9.59 Å². The van der Waals surface area contributed by atoms with Crippen molar-refractivity contribution in [2.75, 3.05) is 6.54 Å². The molecule has 0 aliphatic carbocycles. The van der Waals surface area contributed by atoms with E-state index in [0.717, 1.165) is 17.3 Å². The second-order valence-corrected chi connectivity index (χ2v) is 8.15. The summed E-state index contributed by atoms with van der Waals surface area (Å²) in [7, 11) is 0. The van der Waals surface area contributed by atoms with Crippen LogP contribution in [0.5, 0.6) is 0 Å². The molecule has 3 aromatic rings. The van der Waals surface area contributed by atoms with Crippen LogP contribution in [0, 0.1) is 0 Å². The average molecular weight is 444 g/mol. The van der Waals surface area contributed by atoms with Crippen molar-refractivity contribution in [3.63, 3.8) is 0 Å². The fraction of sp³-hybridized carbons (Fsp3) is 0.0909. The van der Waals surface area contributed by atoms with Gasteiger partial charge >= 0.3 is 0 Å². The minimum atomic E-state index is -0.310. The van der Waals surface area contributed by atoms with E-state index in [1.54, 1.807) is 36.4 Å². The Bertz CT molecular complexity index is 1110. The van der Waals surface area contributed by atoms with Gasteiger partial charge in [0.15, 0.2) is 0 Å². The maximum absolute atomic E-state index is 12.7. The summed E-state index contributed by atoms with van der Waals surface area (Å²) in [5.41, 5.74) is 1.74. The number of hydrogen-bond donors (Lipinski definition) is 0. The average Bonchev–Trinajstić information content (AvgIpc) is 3.28. The van der Waals surface area contributed by atoms with Crippen LogP contribution in [0.25, 0.3) is 17.4 Å². The number of nitrogens with zero attached hydrogens (tertiary/aromatic N) is 1. The molecular formula is C22H15Cl2NO3S. The van der Waals surface area contributed by atoms with Crippen LogP contribution in [0.2, 0.25) is 10.0 Å². The normalized spacial score (nSPS) is 15.5. The molecule has 146 valence electrons. The third-order valence-electron chi connectivity index (χ3n) is 4.46. The predicted molar refractivity (Wildman–Crippen MR) is 117 cm³/mol. The molecule has 1 aromatic heterocycles. The maximum atomic E-state index is 12.7. The Labute approximate surface area is 182 Å². The molecule has 0 bridgehead atoms. The van der Waals surface area contributed by atoms with Crippen molar-refractivity contribution in [2.45, 2.75) is 6.42 Å². The van der Waals surface area contributed by atoms with Gasteiger partial charge in [-0.3, -0.25) is 14.5 Å². The summed E-state index contributed by atoms with van der Waals surface area (Å²) in [6.07, 6.45) is 2.19. The topological polar surface area (TPSA) is 50.5 Å². The first-order valence-electron chi connectivity index (χ1n) is 8.86. The van der Waals surface area contributed by atoms with Gasteiger partial charge in [-0.05, 0) is 48.0 Å². The Morgan fingerprint density at radius 3 is 2.55 bits per heavy atom. The van der Waals surface area contributed by atoms with E-state index in [1.165, 1.54) is 4.90 Å². The van der Waals surface area contributed by atoms with E-state index in [4.69, 9.17) is 27.6 Å². The molecule has 0 unspecified atom stereocenters. The molecule has 0 radical (unpaired) electrons. The fourth-order valence-electron chi connectivity index (χ4n) is 2.98. The number of imide groups is 1. The van der Waals surface area contributed by atoms with Crippen molar-refractivity contribution in [2.24, 2.45) is 0 Å². The minimum absolute atomic E-state index is 0.276. The lowest BCUT2D eigenvalue weighted by Crippen LogP contribution is -2.30. The number of hydrogen-bond acceptors (Lipinski definition) is 4. The monoisotopic (exact) mass is 443 g/mol. The van der Waals surface area contributed by atoms with Gasteiger partial charge in [0, 0.05) is 18.2 Å². The number of halogens is 2. The van der Waals surface area contributed by atoms with Gasteiger partial charge in [-0.25, -0.2) is 0 Å². The lowest BCUT2D eigenvalue weighted by Gasteiger charge is -2.11. The summed E-state index contributed by atoms with van der Waals surface area (Å²) in [5.74, 6) is 0.686. The Morgan fingerprint density at radius 2 is 1.76 bits per heavy atom. The van der Waals surface area contributed by atoms with E-state index in [2.05, 4.69) is 0 Å². The summed E-state index contributed by atoms with van der Waals surface area (Å²) >= 11 is 13.2. The maximum Gasteiger partial charge on any atom is 0.293 e. The highest BCUT2D eigenvalue weighted by molar-refractivity contribution is 8.18. The molecule has 0 saturated carbocycles. The van der Waals surface area contributed by atoms with Crippen LogP contribution in [-0.4, -0.2) is 22.6 Å². The Kier molecular flexibility index (Phi) is 5.81. The molecule has 2 heterocycles. The Balaban J connectivity index is 1.50. The number of thioether (sulfide) groups is 1. The zero-order valence-corrected chi connectivity index (χ0v) is 17.4. The standard InChI is InChI=1S/C22H15Cl2NO3S/c23-17-8-4-7-16(20(17)24)18-10-9-15(28-18)13-19-21(26)25(22(27)29-19)12-11-14-5-2-1-3-6-14/h1-10,13H,11-12H2/b19-13-. The van der Waals surface area contributed by atoms with Crippen LogP contribution in [0.15, 0.2) is 70.0 Å². The van der Waals surface area contributed by atoms with E-state index < -0.39 is 0 Å². The van der Waals surface area contributed by atoms with Gasteiger partial charge in [0.1, 0.15) is 11.5 Å². The van der Waals surface area contributed by atoms with Gasteiger partial charge in [0.25, 0.3) is 11.1 Å². The molecule has 7 heteroatoms. The summed E-state index contributed by atoms with van der Waals surface area (Å²) < 4.78 is 5.80. The van der Waals surface area contributed by atoms with Crippen molar-refractivity contribution in [3.8, 4) is 11.3 Å². The van der Waals surface area contributed by atoms with Gasteiger partial charge in [-0.2, -0.15) is 0 Å². The molecule has 1 fully saturated rings. The summed E-state index contributed by atoms with van der Waals surface area (Å²) in [6, 6.07) is 18.5. The lowest BCUT2D eigenvalue weighted by atomic mass is 10.1. The third-order valence-corrected chi connectivity index (χ3v) is 6.18. The zero-order chi connectivity index (χ0) is 20.4. The van der Waals surface area contributed by atoms with E-state index in [-0.39, 0.29) is 11.1 Å². The summed E-state index contributed by atoms with van der Waals surface area (Å²) in [6.45, 7) is 0.341. The lowest BCUT2D eigenvalue weighted by molar-refractivity contribution is -0.122. The molecule has 29 heavy (non-hydrogen) atoms. The van der Waals surface area contributed by atoms with Crippen LogP contribution in [0.4, 0.5) is 4.79 Å². The Morgan fingerprint density at radius 1 is 0.966 bits per heavy atom. The first kappa shape index (κ1) is 19.8. The number of carbonyl (C=O) groups is 2. The number of furan rings is 1. The van der Waals surface area contributed by atoms with Crippen molar-refractivity contribution in [1.82, 2.24) is 4.90 Å². The molecule has 0 spiro atoms. The van der Waals surface area contributed by atoms with Crippen LogP contribution in [0.3, 0.4) is 0 Å². The van der Waals surface area contributed by atoms with Crippen LogP contribution in [0.1, 0.15) is 11.3 Å². The van der Waals surface area contributed by atoms with Gasteiger partial charge in [-0.15, -0.1) is 0 Å². The van der Waals surface area contributed by atoms with Gasteiger partial charge < -0.3 is 4.42 Å². The van der Waals surface area contributed by atoms with Crippen molar-refractivity contribution < 1.29 is 14.0 Å². The van der Waals surface area contributed by atoms with E-state index in [1.807, 2.05) is 30.3 Å². The van der Waals surface area contributed by atoms with Gasteiger partial charge in [0.2, 0.25) is 0 Å². The quantitative estimate of drug-likeness (QED) is 0.420. The highest BCUT2D eigenvalue weighted by Gasteiger charge is 2.34. The van der Waals surface area contributed by atoms with Gasteiger partial charge in [-0.1, -0.05) is 59.6 Å². The van der Waals surface area contributed by atoms with E-state index in [0.29, 0.717) is 45.0 Å². The molecule has 4 nitrogen and oxygen atoms in total. The van der Waals surface area contributed by atoms with E-state index >= 15 is 0 Å². The van der Waals surface area contributed by atoms with Crippen LogP contribution in [-0.2, 0) is 11.2 Å². The molecular weight excluding hydrogens is 429 g/mol. The SMILES string of the molecule is O=C1S/C(=C\c2ccc(-c3cccc(Cl)c3Cl)o2)C(=O)N1CCc1ccccc1. The van der Waals surface area contributed by atoms with Crippen LogP contribution < -0.4 is 0 Å². The summed E-state index contributed by atoms with van der Waals surface area (Å²) in [4.78, 5) is 26.5. The minimum Gasteiger partial charge on any atom is -0.457 e. The number of carbonyl (C=O) groups excluding carboxylic acids is 2. The molecule has 1 aliphatic rings. The number of benzene rings is 2. The zero-order valence-electron chi connectivity index (χ0n) is 15.1. The highest BCUT2D eigenvalue weighted by atomic mass is 35.5. The first-order chi connectivity index (χ1) is 14.0. The van der Waals surface area contributed by atoms with Crippen molar-refractivity contribution in [1.29, 1.82) is 0 Å². The molecule has 2 amide bonds. The third kappa shape index (κ3) is 4.27. The van der Waals surface area contributed by atoms with Crippen LogP contribution >= 0.6 is 35.0 Å². The smallest absolute Gasteiger partial charge is 0.293 e. The highest BCUT2D eigenvalue weighted by Crippen LogP contribution is 2.36. The molecule has 0 N–H and O–H groups in total. The number of amides is 2. The predicted octanol–water partition coefficient (Wildman–Crippen LogP) is 6.53.